The van der Waals surface area contributed by atoms with Gasteiger partial charge in [-0.3, -0.25) is 0 Å². The van der Waals surface area contributed by atoms with Gasteiger partial charge < -0.3 is 4.74 Å². The standard InChI is InChI=1S/C11H14OS/c1-8-5-6-10(13-4)7-11(8)9(2)12-3/h5-7H,2H2,1,3-4H3. The molecular weight excluding hydrogens is 180 g/mol. The van der Waals surface area contributed by atoms with Crippen LogP contribution in [0.15, 0.2) is 29.7 Å². The Bertz CT molecular complexity index is 318. The van der Waals surface area contributed by atoms with Crippen LogP contribution in [0.2, 0.25) is 0 Å². The maximum absolute atomic E-state index is 5.11. The molecule has 0 aliphatic carbocycles. The van der Waals surface area contributed by atoms with Crippen LogP contribution in [0.1, 0.15) is 11.1 Å². The Balaban J connectivity index is 3.11. The first kappa shape index (κ1) is 10.2. The van der Waals surface area contributed by atoms with E-state index in [9.17, 15) is 0 Å². The molecule has 70 valence electrons. The largest absolute Gasteiger partial charge is 0.497 e. The zero-order valence-corrected chi connectivity index (χ0v) is 9.07. The first-order chi connectivity index (χ1) is 6.19. The lowest BCUT2D eigenvalue weighted by Crippen LogP contribution is -1.90. The second-order valence-corrected chi connectivity index (χ2v) is 3.69. The Morgan fingerprint density at radius 2 is 2.15 bits per heavy atom. The monoisotopic (exact) mass is 194 g/mol. The highest BCUT2D eigenvalue weighted by Crippen LogP contribution is 2.23. The summed E-state index contributed by atoms with van der Waals surface area (Å²) in [5.74, 6) is 0.730. The Morgan fingerprint density at radius 1 is 1.46 bits per heavy atom. The Morgan fingerprint density at radius 3 is 2.69 bits per heavy atom. The van der Waals surface area contributed by atoms with Crippen molar-refractivity contribution >= 4 is 17.5 Å². The van der Waals surface area contributed by atoms with Gasteiger partial charge in [-0.05, 0) is 30.9 Å². The summed E-state index contributed by atoms with van der Waals surface area (Å²) in [6.07, 6.45) is 2.06. The van der Waals surface area contributed by atoms with Gasteiger partial charge in [-0.2, -0.15) is 0 Å². The van der Waals surface area contributed by atoms with Gasteiger partial charge in [-0.25, -0.2) is 0 Å². The topological polar surface area (TPSA) is 9.23 Å². The van der Waals surface area contributed by atoms with Gasteiger partial charge in [0, 0.05) is 10.5 Å². The maximum atomic E-state index is 5.11. The molecule has 0 aliphatic heterocycles. The molecule has 1 aromatic carbocycles. The molecule has 2 heteroatoms. The predicted molar refractivity (Wildman–Crippen MR) is 59.0 cm³/mol. The molecule has 0 saturated carbocycles. The minimum atomic E-state index is 0.730. The molecular formula is C11H14OS. The molecule has 13 heavy (non-hydrogen) atoms. The first-order valence-corrected chi connectivity index (χ1v) is 5.29. The fraction of sp³-hybridized carbons (Fsp3) is 0.273. The third-order valence-corrected chi connectivity index (χ3v) is 2.72. The second kappa shape index (κ2) is 4.38. The Labute approximate surface area is 83.8 Å². The summed E-state index contributed by atoms with van der Waals surface area (Å²) in [7, 11) is 1.65. The highest BCUT2D eigenvalue weighted by atomic mass is 32.2. The van der Waals surface area contributed by atoms with Gasteiger partial charge in [0.1, 0.15) is 5.76 Å². The van der Waals surface area contributed by atoms with E-state index in [1.54, 1.807) is 18.9 Å². The van der Waals surface area contributed by atoms with Gasteiger partial charge in [0.05, 0.1) is 7.11 Å². The van der Waals surface area contributed by atoms with Crippen molar-refractivity contribution in [3.63, 3.8) is 0 Å². The van der Waals surface area contributed by atoms with E-state index in [2.05, 4.69) is 38.0 Å². The number of methoxy groups -OCH3 is 1. The summed E-state index contributed by atoms with van der Waals surface area (Å²) in [6.45, 7) is 5.91. The molecule has 0 unspecified atom stereocenters. The molecule has 0 bridgehead atoms. The summed E-state index contributed by atoms with van der Waals surface area (Å²) >= 11 is 1.72. The lowest BCUT2D eigenvalue weighted by atomic mass is 10.1. The van der Waals surface area contributed by atoms with Crippen LogP contribution in [0.5, 0.6) is 0 Å². The molecule has 0 spiro atoms. The quantitative estimate of drug-likeness (QED) is 0.539. The maximum Gasteiger partial charge on any atom is 0.119 e. The highest BCUT2D eigenvalue weighted by Gasteiger charge is 2.03. The van der Waals surface area contributed by atoms with Crippen LogP contribution >= 0.6 is 11.8 Å². The number of aryl methyl sites for hydroxylation is 1. The molecule has 0 aliphatic rings. The van der Waals surface area contributed by atoms with Crippen molar-refractivity contribution in [3.05, 3.63) is 35.9 Å². The van der Waals surface area contributed by atoms with Gasteiger partial charge in [-0.15, -0.1) is 11.8 Å². The molecule has 0 fully saturated rings. The van der Waals surface area contributed by atoms with Crippen LogP contribution in [-0.2, 0) is 4.74 Å². The van der Waals surface area contributed by atoms with Crippen LogP contribution < -0.4 is 0 Å². The van der Waals surface area contributed by atoms with Crippen LogP contribution in [-0.4, -0.2) is 13.4 Å². The van der Waals surface area contributed by atoms with E-state index in [1.165, 1.54) is 10.5 Å². The third-order valence-electron chi connectivity index (χ3n) is 1.99. The molecule has 0 heterocycles. The van der Waals surface area contributed by atoms with E-state index in [0.29, 0.717) is 0 Å². The zero-order chi connectivity index (χ0) is 9.84. The number of thioether (sulfide) groups is 1. The van der Waals surface area contributed by atoms with Crippen LogP contribution in [0.3, 0.4) is 0 Å². The fourth-order valence-corrected chi connectivity index (χ4v) is 1.58. The molecule has 1 rings (SSSR count). The molecule has 0 saturated heterocycles. The summed E-state index contributed by atoms with van der Waals surface area (Å²) in [5, 5.41) is 0. The number of rotatable bonds is 3. The number of ether oxygens (including phenoxy) is 1. The van der Waals surface area contributed by atoms with E-state index in [-0.39, 0.29) is 0 Å². The van der Waals surface area contributed by atoms with Gasteiger partial charge in [0.2, 0.25) is 0 Å². The third kappa shape index (κ3) is 2.28. The minimum absolute atomic E-state index is 0.730. The molecule has 0 N–H and O–H groups in total. The molecule has 0 atom stereocenters. The second-order valence-electron chi connectivity index (χ2n) is 2.81. The van der Waals surface area contributed by atoms with Crippen molar-refractivity contribution in [2.45, 2.75) is 11.8 Å². The van der Waals surface area contributed by atoms with Crippen molar-refractivity contribution in [2.24, 2.45) is 0 Å². The molecule has 0 amide bonds. The van der Waals surface area contributed by atoms with Crippen LogP contribution in [0, 0.1) is 6.92 Å². The van der Waals surface area contributed by atoms with Gasteiger partial charge in [0.25, 0.3) is 0 Å². The van der Waals surface area contributed by atoms with Crippen molar-refractivity contribution in [1.29, 1.82) is 0 Å². The number of hydrogen-bond acceptors (Lipinski definition) is 2. The van der Waals surface area contributed by atoms with E-state index >= 15 is 0 Å². The van der Waals surface area contributed by atoms with E-state index in [0.717, 1.165) is 11.3 Å². The number of hydrogen-bond donors (Lipinski definition) is 0. The normalized spacial score (nSPS) is 9.77. The zero-order valence-electron chi connectivity index (χ0n) is 8.26. The van der Waals surface area contributed by atoms with Gasteiger partial charge in [-0.1, -0.05) is 12.6 Å². The SMILES string of the molecule is C=C(OC)c1cc(SC)ccc1C. The Kier molecular flexibility index (Phi) is 3.43. The minimum Gasteiger partial charge on any atom is -0.497 e. The smallest absolute Gasteiger partial charge is 0.119 e. The van der Waals surface area contributed by atoms with Crippen LogP contribution in [0.25, 0.3) is 5.76 Å². The molecule has 0 aromatic heterocycles. The lowest BCUT2D eigenvalue weighted by Gasteiger charge is -2.09. The van der Waals surface area contributed by atoms with Gasteiger partial charge >= 0.3 is 0 Å². The van der Waals surface area contributed by atoms with Crippen LogP contribution in [0.4, 0.5) is 0 Å². The van der Waals surface area contributed by atoms with Gasteiger partial charge in [0.15, 0.2) is 0 Å². The summed E-state index contributed by atoms with van der Waals surface area (Å²) < 4.78 is 5.11. The van der Waals surface area contributed by atoms with E-state index in [1.807, 2.05) is 0 Å². The first-order valence-electron chi connectivity index (χ1n) is 4.07. The average Bonchev–Trinajstić information content (AvgIpc) is 2.17. The molecule has 1 aromatic rings. The predicted octanol–water partition coefficient (Wildman–Crippen LogP) is 3.33. The Hall–Kier alpha value is -0.890. The fourth-order valence-electron chi connectivity index (χ4n) is 1.14. The van der Waals surface area contributed by atoms with Crippen molar-refractivity contribution in [1.82, 2.24) is 0 Å². The number of benzene rings is 1. The lowest BCUT2D eigenvalue weighted by molar-refractivity contribution is 0.371. The van der Waals surface area contributed by atoms with Crippen molar-refractivity contribution in [2.75, 3.05) is 13.4 Å². The molecule has 0 radical (unpaired) electrons. The van der Waals surface area contributed by atoms with Crippen molar-refractivity contribution < 1.29 is 4.74 Å². The van der Waals surface area contributed by atoms with E-state index < -0.39 is 0 Å². The summed E-state index contributed by atoms with van der Waals surface area (Å²) in [5.41, 5.74) is 2.29. The molecule has 1 nitrogen and oxygen atoms in total. The highest BCUT2D eigenvalue weighted by molar-refractivity contribution is 7.98. The summed E-state index contributed by atoms with van der Waals surface area (Å²) in [6, 6.07) is 6.30. The van der Waals surface area contributed by atoms with E-state index in [4.69, 9.17) is 4.74 Å². The summed E-state index contributed by atoms with van der Waals surface area (Å²) in [4.78, 5) is 1.24. The van der Waals surface area contributed by atoms with Crippen molar-refractivity contribution in [3.8, 4) is 0 Å². The average molecular weight is 194 g/mol.